The highest BCUT2D eigenvalue weighted by Gasteiger charge is 2.39. The molecular formula is C15H22N2O4. The fourth-order valence-electron chi connectivity index (χ4n) is 2.51. The van der Waals surface area contributed by atoms with Crippen LogP contribution in [-0.2, 0) is 9.53 Å². The molecule has 0 atom stereocenters. The van der Waals surface area contributed by atoms with Gasteiger partial charge in [-0.05, 0) is 38.1 Å². The summed E-state index contributed by atoms with van der Waals surface area (Å²) < 4.78 is 15.9. The second-order valence-corrected chi connectivity index (χ2v) is 4.97. The molecule has 2 N–H and O–H groups in total. The number of nitrogens with one attached hydrogen (secondary N) is 2. The number of benzene rings is 1. The van der Waals surface area contributed by atoms with Crippen molar-refractivity contribution in [2.24, 2.45) is 0 Å². The minimum absolute atomic E-state index is 0.126. The zero-order chi connectivity index (χ0) is 15.3. The van der Waals surface area contributed by atoms with Crippen LogP contribution in [0.2, 0.25) is 0 Å². The molecule has 1 aromatic carbocycles. The standard InChI is InChI=1S/C15H22N2O4/c1-19-12-5-4-11(10-13(12)20-2)17-14(18)15(21-3)6-8-16-9-7-15/h4-5,10,16H,6-9H2,1-3H3,(H,17,18). The largest absolute Gasteiger partial charge is 0.493 e. The van der Waals surface area contributed by atoms with Gasteiger partial charge in [-0.3, -0.25) is 4.79 Å². The Morgan fingerprint density at radius 3 is 2.38 bits per heavy atom. The number of methoxy groups -OCH3 is 3. The first-order valence-corrected chi connectivity index (χ1v) is 6.94. The molecule has 0 unspecified atom stereocenters. The van der Waals surface area contributed by atoms with E-state index in [0.717, 1.165) is 13.1 Å². The molecule has 1 saturated heterocycles. The third kappa shape index (κ3) is 3.28. The van der Waals surface area contributed by atoms with Crippen LogP contribution >= 0.6 is 0 Å². The summed E-state index contributed by atoms with van der Waals surface area (Å²) in [4.78, 5) is 12.5. The summed E-state index contributed by atoms with van der Waals surface area (Å²) >= 11 is 0. The Hall–Kier alpha value is -1.79. The van der Waals surface area contributed by atoms with Gasteiger partial charge in [-0.15, -0.1) is 0 Å². The van der Waals surface area contributed by atoms with E-state index in [1.165, 1.54) is 0 Å². The van der Waals surface area contributed by atoms with Crippen molar-refractivity contribution in [3.05, 3.63) is 18.2 Å². The van der Waals surface area contributed by atoms with Gasteiger partial charge in [-0.1, -0.05) is 0 Å². The van der Waals surface area contributed by atoms with Crippen molar-refractivity contribution < 1.29 is 19.0 Å². The molecule has 0 radical (unpaired) electrons. The SMILES string of the molecule is COc1ccc(NC(=O)C2(OC)CCNCC2)cc1OC. The minimum Gasteiger partial charge on any atom is -0.493 e. The monoisotopic (exact) mass is 294 g/mol. The molecule has 0 bridgehead atoms. The smallest absolute Gasteiger partial charge is 0.256 e. The molecule has 1 heterocycles. The number of ether oxygens (including phenoxy) is 3. The van der Waals surface area contributed by atoms with Crippen LogP contribution in [0.1, 0.15) is 12.8 Å². The number of amides is 1. The van der Waals surface area contributed by atoms with Gasteiger partial charge in [0.05, 0.1) is 14.2 Å². The highest BCUT2D eigenvalue weighted by molar-refractivity contribution is 5.97. The van der Waals surface area contributed by atoms with Crippen molar-refractivity contribution in [2.75, 3.05) is 39.7 Å². The molecule has 0 spiro atoms. The van der Waals surface area contributed by atoms with Crippen LogP contribution in [0.15, 0.2) is 18.2 Å². The summed E-state index contributed by atoms with van der Waals surface area (Å²) in [7, 11) is 4.72. The van der Waals surface area contributed by atoms with Gasteiger partial charge in [-0.25, -0.2) is 0 Å². The maximum Gasteiger partial charge on any atom is 0.256 e. The van der Waals surface area contributed by atoms with Gasteiger partial charge >= 0.3 is 0 Å². The normalized spacial score (nSPS) is 17.1. The number of hydrogen-bond donors (Lipinski definition) is 2. The fraction of sp³-hybridized carbons (Fsp3) is 0.533. The molecule has 1 fully saturated rings. The molecule has 0 aliphatic carbocycles. The van der Waals surface area contributed by atoms with Gasteiger partial charge in [0.1, 0.15) is 5.60 Å². The number of carbonyl (C=O) groups excluding carboxylic acids is 1. The number of hydrogen-bond acceptors (Lipinski definition) is 5. The van der Waals surface area contributed by atoms with Crippen LogP contribution in [0.5, 0.6) is 11.5 Å². The van der Waals surface area contributed by atoms with E-state index in [1.807, 2.05) is 0 Å². The molecule has 0 aromatic heterocycles. The van der Waals surface area contributed by atoms with Crippen LogP contribution in [-0.4, -0.2) is 45.9 Å². The number of rotatable bonds is 5. The third-order valence-corrected chi connectivity index (χ3v) is 3.86. The van der Waals surface area contributed by atoms with Gasteiger partial charge in [0.2, 0.25) is 0 Å². The van der Waals surface area contributed by atoms with E-state index in [2.05, 4.69) is 10.6 Å². The van der Waals surface area contributed by atoms with Crippen LogP contribution in [0.4, 0.5) is 5.69 Å². The van der Waals surface area contributed by atoms with Crippen molar-refractivity contribution in [1.29, 1.82) is 0 Å². The molecule has 1 aliphatic rings. The summed E-state index contributed by atoms with van der Waals surface area (Å²) in [6.45, 7) is 1.54. The van der Waals surface area contributed by atoms with Crippen molar-refractivity contribution in [3.63, 3.8) is 0 Å². The minimum atomic E-state index is -0.765. The van der Waals surface area contributed by atoms with E-state index in [9.17, 15) is 4.79 Å². The van der Waals surface area contributed by atoms with Crippen molar-refractivity contribution >= 4 is 11.6 Å². The molecule has 2 rings (SSSR count). The summed E-state index contributed by atoms with van der Waals surface area (Å²) in [5.41, 5.74) is -0.106. The molecule has 116 valence electrons. The first-order valence-electron chi connectivity index (χ1n) is 6.94. The number of piperidine rings is 1. The summed E-state index contributed by atoms with van der Waals surface area (Å²) in [6.07, 6.45) is 1.31. The Morgan fingerprint density at radius 1 is 1.14 bits per heavy atom. The summed E-state index contributed by atoms with van der Waals surface area (Å²) in [6, 6.07) is 5.28. The zero-order valence-electron chi connectivity index (χ0n) is 12.7. The Balaban J connectivity index is 2.15. The quantitative estimate of drug-likeness (QED) is 0.859. The zero-order valence-corrected chi connectivity index (χ0v) is 12.7. The van der Waals surface area contributed by atoms with Crippen LogP contribution < -0.4 is 20.1 Å². The van der Waals surface area contributed by atoms with E-state index >= 15 is 0 Å². The van der Waals surface area contributed by atoms with Gasteiger partial charge < -0.3 is 24.8 Å². The van der Waals surface area contributed by atoms with Crippen LogP contribution in [0.25, 0.3) is 0 Å². The van der Waals surface area contributed by atoms with E-state index in [1.54, 1.807) is 39.5 Å². The summed E-state index contributed by atoms with van der Waals surface area (Å²) in [5.74, 6) is 1.07. The second kappa shape index (κ2) is 6.78. The highest BCUT2D eigenvalue weighted by Crippen LogP contribution is 2.31. The fourth-order valence-corrected chi connectivity index (χ4v) is 2.51. The van der Waals surface area contributed by atoms with E-state index in [-0.39, 0.29) is 5.91 Å². The van der Waals surface area contributed by atoms with E-state index in [4.69, 9.17) is 14.2 Å². The lowest BCUT2D eigenvalue weighted by Gasteiger charge is -2.34. The van der Waals surface area contributed by atoms with Crippen molar-refractivity contribution in [2.45, 2.75) is 18.4 Å². The van der Waals surface area contributed by atoms with Gasteiger partial charge in [0.15, 0.2) is 11.5 Å². The predicted octanol–water partition coefficient (Wildman–Crippen LogP) is 1.41. The Bertz CT molecular complexity index is 498. The molecule has 6 heteroatoms. The average molecular weight is 294 g/mol. The lowest BCUT2D eigenvalue weighted by molar-refractivity contribution is -0.140. The van der Waals surface area contributed by atoms with Crippen LogP contribution in [0, 0.1) is 0 Å². The highest BCUT2D eigenvalue weighted by atomic mass is 16.5. The number of carbonyl (C=O) groups is 1. The van der Waals surface area contributed by atoms with E-state index in [0.29, 0.717) is 30.0 Å². The second-order valence-electron chi connectivity index (χ2n) is 4.97. The Labute approximate surface area is 124 Å². The average Bonchev–Trinajstić information content (AvgIpc) is 2.55. The van der Waals surface area contributed by atoms with Crippen LogP contribution in [0.3, 0.4) is 0 Å². The molecule has 21 heavy (non-hydrogen) atoms. The topological polar surface area (TPSA) is 68.8 Å². The van der Waals surface area contributed by atoms with Crippen molar-refractivity contribution in [3.8, 4) is 11.5 Å². The van der Waals surface area contributed by atoms with Gasteiger partial charge in [-0.2, -0.15) is 0 Å². The maximum atomic E-state index is 12.5. The first-order chi connectivity index (χ1) is 10.1. The predicted molar refractivity (Wildman–Crippen MR) is 80.0 cm³/mol. The van der Waals surface area contributed by atoms with Gasteiger partial charge in [0, 0.05) is 18.9 Å². The van der Waals surface area contributed by atoms with E-state index < -0.39 is 5.60 Å². The third-order valence-electron chi connectivity index (χ3n) is 3.86. The molecule has 1 amide bonds. The van der Waals surface area contributed by atoms with Crippen molar-refractivity contribution in [1.82, 2.24) is 5.32 Å². The van der Waals surface area contributed by atoms with Gasteiger partial charge in [0.25, 0.3) is 5.91 Å². The molecule has 1 aliphatic heterocycles. The first kappa shape index (κ1) is 15.6. The summed E-state index contributed by atoms with van der Waals surface area (Å²) in [5, 5.41) is 6.13. The molecule has 6 nitrogen and oxygen atoms in total. The maximum absolute atomic E-state index is 12.5. The number of anilines is 1. The lowest BCUT2D eigenvalue weighted by atomic mass is 9.91. The lowest BCUT2D eigenvalue weighted by Crippen LogP contribution is -2.51. The molecule has 0 saturated carbocycles. The Morgan fingerprint density at radius 2 is 1.81 bits per heavy atom. The molecular weight excluding hydrogens is 272 g/mol. The molecule has 1 aromatic rings. The Kier molecular flexibility index (Phi) is 5.03.